The molecule has 0 aliphatic rings. The van der Waals surface area contributed by atoms with Crippen molar-refractivity contribution in [2.75, 3.05) is 14.1 Å². The number of hydrogen-bond donors (Lipinski definition) is 0. The lowest BCUT2D eigenvalue weighted by atomic mass is 10.5. The minimum Gasteiger partial charge on any atom is -0.207 e. The fourth-order valence-corrected chi connectivity index (χ4v) is 2.97. The number of rotatable bonds is 2. The molecule has 0 aliphatic heterocycles. The molecule has 0 radical (unpaired) electrons. The fourth-order valence-electron chi connectivity index (χ4n) is 0.838. The first kappa shape index (κ1) is 9.70. The van der Waals surface area contributed by atoms with Crippen LogP contribution in [0.4, 0.5) is 0 Å². The molecule has 1 rings (SSSR count). The summed E-state index contributed by atoms with van der Waals surface area (Å²) in [4.78, 5) is 1.25. The summed E-state index contributed by atoms with van der Waals surface area (Å²) in [6.07, 6.45) is 0. The van der Waals surface area contributed by atoms with Crippen molar-refractivity contribution in [3.8, 4) is 0 Å². The molecular formula is C7H11NO2S2. The predicted molar refractivity (Wildman–Crippen MR) is 49.9 cm³/mol. The molecule has 3 nitrogen and oxygen atoms in total. The van der Waals surface area contributed by atoms with Crippen molar-refractivity contribution in [3.63, 3.8) is 0 Å². The average molecular weight is 205 g/mol. The SMILES string of the molecule is Cc1sccc1S(=O)(=O)N(C)C. The van der Waals surface area contributed by atoms with Gasteiger partial charge in [0.25, 0.3) is 0 Å². The summed E-state index contributed by atoms with van der Waals surface area (Å²) >= 11 is 1.44. The Kier molecular flexibility index (Phi) is 2.55. The van der Waals surface area contributed by atoms with E-state index in [0.29, 0.717) is 4.90 Å². The van der Waals surface area contributed by atoms with Crippen LogP contribution in [0.15, 0.2) is 16.3 Å². The summed E-state index contributed by atoms with van der Waals surface area (Å²) in [5.41, 5.74) is 0. The van der Waals surface area contributed by atoms with E-state index in [1.807, 2.05) is 0 Å². The molecule has 1 heterocycles. The average Bonchev–Trinajstić information content (AvgIpc) is 2.35. The summed E-state index contributed by atoms with van der Waals surface area (Å²) in [5, 5.41) is 1.78. The first-order chi connectivity index (χ1) is 5.46. The highest BCUT2D eigenvalue weighted by atomic mass is 32.2. The molecular weight excluding hydrogens is 194 g/mol. The lowest BCUT2D eigenvalue weighted by Gasteiger charge is -2.09. The molecule has 0 spiro atoms. The van der Waals surface area contributed by atoms with Gasteiger partial charge in [0.15, 0.2) is 0 Å². The van der Waals surface area contributed by atoms with E-state index in [4.69, 9.17) is 0 Å². The van der Waals surface area contributed by atoms with Gasteiger partial charge in [-0.05, 0) is 18.4 Å². The highest BCUT2D eigenvalue weighted by molar-refractivity contribution is 7.89. The summed E-state index contributed by atoms with van der Waals surface area (Å²) in [7, 11) is -0.152. The van der Waals surface area contributed by atoms with E-state index < -0.39 is 10.0 Å². The number of aryl methyl sites for hydroxylation is 1. The highest BCUT2D eigenvalue weighted by Crippen LogP contribution is 2.22. The predicted octanol–water partition coefficient (Wildman–Crippen LogP) is 1.31. The fraction of sp³-hybridized carbons (Fsp3) is 0.429. The summed E-state index contributed by atoms with van der Waals surface area (Å²) in [6.45, 7) is 1.81. The van der Waals surface area contributed by atoms with Crippen molar-refractivity contribution in [3.05, 3.63) is 16.3 Å². The van der Waals surface area contributed by atoms with Gasteiger partial charge in [0.1, 0.15) is 0 Å². The van der Waals surface area contributed by atoms with E-state index in [9.17, 15) is 8.42 Å². The molecule has 68 valence electrons. The number of nitrogens with zero attached hydrogens (tertiary/aromatic N) is 1. The van der Waals surface area contributed by atoms with Gasteiger partial charge >= 0.3 is 0 Å². The lowest BCUT2D eigenvalue weighted by Crippen LogP contribution is -2.22. The first-order valence-corrected chi connectivity index (χ1v) is 5.75. The second-order valence-corrected chi connectivity index (χ2v) is 5.87. The Hall–Kier alpha value is -0.390. The van der Waals surface area contributed by atoms with Crippen LogP contribution in [0, 0.1) is 6.92 Å². The largest absolute Gasteiger partial charge is 0.243 e. The van der Waals surface area contributed by atoms with Gasteiger partial charge in [-0.15, -0.1) is 11.3 Å². The molecule has 0 unspecified atom stereocenters. The van der Waals surface area contributed by atoms with Crippen LogP contribution in [0.3, 0.4) is 0 Å². The second kappa shape index (κ2) is 3.16. The zero-order chi connectivity index (χ0) is 9.35. The Balaban J connectivity index is 3.24. The number of thiophene rings is 1. The smallest absolute Gasteiger partial charge is 0.207 e. The van der Waals surface area contributed by atoms with Gasteiger partial charge in [0.05, 0.1) is 4.90 Å². The number of hydrogen-bond acceptors (Lipinski definition) is 3. The summed E-state index contributed by atoms with van der Waals surface area (Å²) < 4.78 is 24.3. The zero-order valence-corrected chi connectivity index (χ0v) is 8.87. The molecule has 0 atom stereocenters. The van der Waals surface area contributed by atoms with Crippen LogP contribution in [-0.4, -0.2) is 26.8 Å². The van der Waals surface area contributed by atoms with Gasteiger partial charge in [-0.1, -0.05) is 0 Å². The maximum atomic E-state index is 11.5. The Bertz CT molecular complexity index is 365. The minimum atomic E-state index is -3.22. The van der Waals surface area contributed by atoms with E-state index in [1.54, 1.807) is 18.4 Å². The van der Waals surface area contributed by atoms with Gasteiger partial charge in [-0.2, -0.15) is 0 Å². The topological polar surface area (TPSA) is 37.4 Å². The Morgan fingerprint density at radius 2 is 2.00 bits per heavy atom. The van der Waals surface area contributed by atoms with E-state index in [1.165, 1.54) is 29.7 Å². The molecule has 5 heteroatoms. The van der Waals surface area contributed by atoms with Crippen LogP contribution in [0.25, 0.3) is 0 Å². The standard InChI is InChI=1S/C7H11NO2S2/c1-6-7(4-5-11-6)12(9,10)8(2)3/h4-5H,1-3H3. The van der Waals surface area contributed by atoms with Crippen molar-refractivity contribution in [2.45, 2.75) is 11.8 Å². The maximum absolute atomic E-state index is 11.5. The molecule has 0 N–H and O–H groups in total. The van der Waals surface area contributed by atoms with Crippen molar-refractivity contribution in [1.82, 2.24) is 4.31 Å². The minimum absolute atomic E-state index is 0.414. The third-order valence-electron chi connectivity index (χ3n) is 1.57. The highest BCUT2D eigenvalue weighted by Gasteiger charge is 2.19. The van der Waals surface area contributed by atoms with Gasteiger partial charge in [0.2, 0.25) is 10.0 Å². The molecule has 0 aliphatic carbocycles. The molecule has 0 amide bonds. The molecule has 1 aromatic heterocycles. The third kappa shape index (κ3) is 1.53. The van der Waals surface area contributed by atoms with Crippen LogP contribution >= 0.6 is 11.3 Å². The molecule has 1 aromatic rings. The van der Waals surface area contributed by atoms with Crippen LogP contribution in [0.2, 0.25) is 0 Å². The summed E-state index contributed by atoms with van der Waals surface area (Å²) in [5.74, 6) is 0. The van der Waals surface area contributed by atoms with E-state index in [2.05, 4.69) is 0 Å². The van der Waals surface area contributed by atoms with Crippen LogP contribution in [-0.2, 0) is 10.0 Å². The monoisotopic (exact) mass is 205 g/mol. The zero-order valence-electron chi connectivity index (χ0n) is 7.23. The van der Waals surface area contributed by atoms with Gasteiger partial charge in [-0.25, -0.2) is 12.7 Å². The quantitative estimate of drug-likeness (QED) is 0.730. The number of sulfonamides is 1. The molecule has 0 saturated carbocycles. The Morgan fingerprint density at radius 1 is 1.42 bits per heavy atom. The van der Waals surface area contributed by atoms with Crippen LogP contribution < -0.4 is 0 Å². The van der Waals surface area contributed by atoms with Crippen molar-refractivity contribution < 1.29 is 8.42 Å². The molecule has 12 heavy (non-hydrogen) atoms. The van der Waals surface area contributed by atoms with Crippen molar-refractivity contribution in [2.24, 2.45) is 0 Å². The van der Waals surface area contributed by atoms with Crippen molar-refractivity contribution >= 4 is 21.4 Å². The van der Waals surface area contributed by atoms with Crippen LogP contribution in [0.1, 0.15) is 4.88 Å². The van der Waals surface area contributed by atoms with Gasteiger partial charge in [0, 0.05) is 19.0 Å². The Morgan fingerprint density at radius 3 is 2.33 bits per heavy atom. The van der Waals surface area contributed by atoms with Gasteiger partial charge in [-0.3, -0.25) is 0 Å². The van der Waals surface area contributed by atoms with E-state index in [0.717, 1.165) is 4.88 Å². The van der Waals surface area contributed by atoms with E-state index in [-0.39, 0.29) is 0 Å². The molecule has 0 bridgehead atoms. The molecule has 0 fully saturated rings. The first-order valence-electron chi connectivity index (χ1n) is 3.43. The molecule has 0 saturated heterocycles. The second-order valence-electron chi connectivity index (χ2n) is 2.63. The third-order valence-corrected chi connectivity index (χ3v) is 4.50. The van der Waals surface area contributed by atoms with Crippen molar-refractivity contribution in [1.29, 1.82) is 0 Å². The lowest BCUT2D eigenvalue weighted by molar-refractivity contribution is 0.520. The normalized spacial score (nSPS) is 12.3. The summed E-state index contributed by atoms with van der Waals surface area (Å²) in [6, 6.07) is 1.63. The Labute approximate surface area is 76.7 Å². The maximum Gasteiger partial charge on any atom is 0.243 e. The molecule has 0 aromatic carbocycles. The van der Waals surface area contributed by atoms with Gasteiger partial charge < -0.3 is 0 Å². The van der Waals surface area contributed by atoms with E-state index >= 15 is 0 Å². The van der Waals surface area contributed by atoms with Crippen LogP contribution in [0.5, 0.6) is 0 Å².